The molecule has 1 atom stereocenters. The molecule has 1 heterocycles. The SMILES string of the molecule is CC(N)Cc1c([N+](=O)[O-])c(C(C)C)nn1C. The van der Waals surface area contributed by atoms with Crippen LogP contribution in [0.15, 0.2) is 0 Å². The number of hydrogen-bond acceptors (Lipinski definition) is 4. The van der Waals surface area contributed by atoms with E-state index in [0.717, 1.165) is 0 Å². The molecule has 0 fully saturated rings. The van der Waals surface area contributed by atoms with Crippen LogP contribution in [0.5, 0.6) is 0 Å². The molecule has 16 heavy (non-hydrogen) atoms. The summed E-state index contributed by atoms with van der Waals surface area (Å²) in [5, 5.41) is 15.3. The van der Waals surface area contributed by atoms with E-state index in [1.165, 1.54) is 0 Å². The second-order valence-corrected chi connectivity index (χ2v) is 4.40. The van der Waals surface area contributed by atoms with Crippen molar-refractivity contribution in [3.8, 4) is 0 Å². The number of hydrogen-bond donors (Lipinski definition) is 1. The molecule has 0 aliphatic rings. The third kappa shape index (κ3) is 2.38. The maximum Gasteiger partial charge on any atom is 0.313 e. The molecular formula is C10H18N4O2. The van der Waals surface area contributed by atoms with Crippen molar-refractivity contribution in [3.63, 3.8) is 0 Å². The van der Waals surface area contributed by atoms with Crippen molar-refractivity contribution < 1.29 is 4.92 Å². The fourth-order valence-corrected chi connectivity index (χ4v) is 1.69. The van der Waals surface area contributed by atoms with Crippen LogP contribution in [0.25, 0.3) is 0 Å². The van der Waals surface area contributed by atoms with Crippen LogP contribution in [-0.2, 0) is 13.5 Å². The van der Waals surface area contributed by atoms with E-state index in [1.807, 2.05) is 20.8 Å². The van der Waals surface area contributed by atoms with E-state index in [2.05, 4.69) is 5.10 Å². The van der Waals surface area contributed by atoms with Crippen molar-refractivity contribution in [2.24, 2.45) is 12.8 Å². The van der Waals surface area contributed by atoms with Gasteiger partial charge >= 0.3 is 5.69 Å². The lowest BCUT2D eigenvalue weighted by molar-refractivity contribution is -0.386. The van der Waals surface area contributed by atoms with Gasteiger partial charge in [-0.15, -0.1) is 0 Å². The van der Waals surface area contributed by atoms with Crippen molar-refractivity contribution >= 4 is 5.69 Å². The maximum absolute atomic E-state index is 11.1. The van der Waals surface area contributed by atoms with Gasteiger partial charge in [0.2, 0.25) is 0 Å². The molecule has 6 heteroatoms. The first kappa shape index (κ1) is 12.6. The topological polar surface area (TPSA) is 87.0 Å². The lowest BCUT2D eigenvalue weighted by atomic mass is 10.1. The third-order valence-corrected chi connectivity index (χ3v) is 2.41. The average Bonchev–Trinajstić information content (AvgIpc) is 2.43. The van der Waals surface area contributed by atoms with Crippen LogP contribution in [-0.4, -0.2) is 20.7 Å². The molecule has 0 aromatic carbocycles. The summed E-state index contributed by atoms with van der Waals surface area (Å²) in [4.78, 5) is 10.7. The van der Waals surface area contributed by atoms with Gasteiger partial charge in [-0.2, -0.15) is 5.10 Å². The lowest BCUT2D eigenvalue weighted by Crippen LogP contribution is -2.20. The molecule has 6 nitrogen and oxygen atoms in total. The molecule has 1 aromatic heterocycles. The third-order valence-electron chi connectivity index (χ3n) is 2.41. The summed E-state index contributed by atoms with van der Waals surface area (Å²) < 4.78 is 1.57. The molecule has 0 bridgehead atoms. The minimum atomic E-state index is -0.361. The molecule has 2 N–H and O–H groups in total. The highest BCUT2D eigenvalue weighted by molar-refractivity contribution is 5.43. The second kappa shape index (κ2) is 4.61. The van der Waals surface area contributed by atoms with Gasteiger partial charge in [0.1, 0.15) is 11.4 Å². The summed E-state index contributed by atoms with van der Waals surface area (Å²) in [6.07, 6.45) is 0.465. The minimum Gasteiger partial charge on any atom is -0.328 e. The standard InChI is InChI=1S/C10H18N4O2/c1-6(2)9-10(14(15)16)8(5-7(3)11)13(4)12-9/h6-7H,5,11H2,1-4H3. The van der Waals surface area contributed by atoms with Crippen LogP contribution in [0.4, 0.5) is 5.69 Å². The smallest absolute Gasteiger partial charge is 0.313 e. The van der Waals surface area contributed by atoms with E-state index in [0.29, 0.717) is 17.8 Å². The van der Waals surface area contributed by atoms with Crippen molar-refractivity contribution in [3.05, 3.63) is 21.5 Å². The van der Waals surface area contributed by atoms with Gasteiger partial charge in [0.25, 0.3) is 0 Å². The first-order valence-corrected chi connectivity index (χ1v) is 5.30. The van der Waals surface area contributed by atoms with Gasteiger partial charge in [0, 0.05) is 25.4 Å². The summed E-state index contributed by atoms with van der Waals surface area (Å²) in [6.45, 7) is 5.61. The van der Waals surface area contributed by atoms with Crippen LogP contribution in [0.3, 0.4) is 0 Å². The normalized spacial score (nSPS) is 13.1. The molecular weight excluding hydrogens is 208 g/mol. The summed E-state index contributed by atoms with van der Waals surface area (Å²) in [6, 6.07) is -0.117. The zero-order valence-corrected chi connectivity index (χ0v) is 10.1. The first-order valence-electron chi connectivity index (χ1n) is 5.30. The predicted molar refractivity (Wildman–Crippen MR) is 61.3 cm³/mol. The van der Waals surface area contributed by atoms with Gasteiger partial charge in [0.15, 0.2) is 0 Å². The second-order valence-electron chi connectivity index (χ2n) is 4.40. The number of nitro groups is 1. The van der Waals surface area contributed by atoms with Gasteiger partial charge in [-0.05, 0) is 6.92 Å². The number of nitrogens with two attached hydrogens (primary N) is 1. The van der Waals surface area contributed by atoms with E-state index in [1.54, 1.807) is 11.7 Å². The van der Waals surface area contributed by atoms with Gasteiger partial charge in [-0.3, -0.25) is 14.8 Å². The van der Waals surface area contributed by atoms with Crippen LogP contribution in [0.2, 0.25) is 0 Å². The molecule has 90 valence electrons. The number of aromatic nitrogens is 2. The fraction of sp³-hybridized carbons (Fsp3) is 0.700. The molecule has 1 aromatic rings. The Hall–Kier alpha value is -1.43. The lowest BCUT2D eigenvalue weighted by Gasteiger charge is -2.04. The van der Waals surface area contributed by atoms with Gasteiger partial charge in [0.05, 0.1) is 4.92 Å². The van der Waals surface area contributed by atoms with Crippen LogP contribution < -0.4 is 5.73 Å². The number of aryl methyl sites for hydroxylation is 1. The van der Waals surface area contributed by atoms with Gasteiger partial charge < -0.3 is 5.73 Å². The molecule has 1 rings (SSSR count). The molecule has 0 spiro atoms. The largest absolute Gasteiger partial charge is 0.328 e. The van der Waals surface area contributed by atoms with Crippen LogP contribution in [0.1, 0.15) is 38.1 Å². The van der Waals surface area contributed by atoms with Crippen LogP contribution >= 0.6 is 0 Å². The Kier molecular flexibility index (Phi) is 3.64. The molecule has 0 saturated heterocycles. The molecule has 0 radical (unpaired) electrons. The maximum atomic E-state index is 11.1. The summed E-state index contributed by atoms with van der Waals surface area (Å²) in [5.41, 5.74) is 6.94. The quantitative estimate of drug-likeness (QED) is 0.620. The van der Waals surface area contributed by atoms with E-state index >= 15 is 0 Å². The highest BCUT2D eigenvalue weighted by atomic mass is 16.6. The zero-order chi connectivity index (χ0) is 12.5. The van der Waals surface area contributed by atoms with E-state index in [4.69, 9.17) is 5.73 Å². The Morgan fingerprint density at radius 2 is 2.06 bits per heavy atom. The summed E-state index contributed by atoms with van der Waals surface area (Å²) in [7, 11) is 1.72. The summed E-state index contributed by atoms with van der Waals surface area (Å²) in [5.74, 6) is 0.0356. The first-order chi connectivity index (χ1) is 7.34. The molecule has 1 unspecified atom stereocenters. The van der Waals surface area contributed by atoms with Crippen molar-refractivity contribution in [1.82, 2.24) is 9.78 Å². The predicted octanol–water partition coefficient (Wildman–Crippen LogP) is 1.34. The minimum absolute atomic E-state index is 0.0356. The summed E-state index contributed by atoms with van der Waals surface area (Å²) >= 11 is 0. The average molecular weight is 226 g/mol. The van der Waals surface area contributed by atoms with E-state index in [9.17, 15) is 10.1 Å². The Balaban J connectivity index is 3.30. The van der Waals surface area contributed by atoms with Gasteiger partial charge in [-0.25, -0.2) is 0 Å². The number of nitrogens with zero attached hydrogens (tertiary/aromatic N) is 3. The molecule has 0 aliphatic heterocycles. The Morgan fingerprint density at radius 1 is 1.50 bits per heavy atom. The fourth-order valence-electron chi connectivity index (χ4n) is 1.69. The van der Waals surface area contributed by atoms with E-state index < -0.39 is 0 Å². The monoisotopic (exact) mass is 226 g/mol. The molecule has 0 amide bonds. The molecule has 0 saturated carbocycles. The highest BCUT2D eigenvalue weighted by Gasteiger charge is 2.28. The van der Waals surface area contributed by atoms with Gasteiger partial charge in [-0.1, -0.05) is 13.8 Å². The van der Waals surface area contributed by atoms with Crippen molar-refractivity contribution in [2.75, 3.05) is 0 Å². The van der Waals surface area contributed by atoms with Crippen molar-refractivity contribution in [2.45, 2.75) is 39.2 Å². The highest BCUT2D eigenvalue weighted by Crippen LogP contribution is 2.29. The van der Waals surface area contributed by atoms with Crippen molar-refractivity contribution in [1.29, 1.82) is 0 Å². The zero-order valence-electron chi connectivity index (χ0n) is 10.1. The Morgan fingerprint density at radius 3 is 2.44 bits per heavy atom. The molecule has 0 aliphatic carbocycles. The Labute approximate surface area is 94.6 Å². The van der Waals surface area contributed by atoms with Crippen LogP contribution in [0, 0.1) is 10.1 Å². The Bertz CT molecular complexity index is 396. The number of rotatable bonds is 4. The van der Waals surface area contributed by atoms with E-state index in [-0.39, 0.29) is 22.6 Å².